The Labute approximate surface area is 74.0 Å². The van der Waals surface area contributed by atoms with Crippen LogP contribution in [-0.2, 0) is 6.42 Å². The molecule has 0 unspecified atom stereocenters. The molecular weight excluding hydrogens is 148 g/mol. The van der Waals surface area contributed by atoms with Gasteiger partial charge in [0.2, 0.25) is 0 Å². The maximum Gasteiger partial charge on any atom is 0.0602 e. The summed E-state index contributed by atoms with van der Waals surface area (Å²) in [6.45, 7) is 4.28. The average Bonchev–Trinajstić information content (AvgIpc) is 2.16. The highest BCUT2D eigenvalue weighted by molar-refractivity contribution is 5.22. The third-order valence-electron chi connectivity index (χ3n) is 2.15. The largest absolute Gasteiger partial charge is 0.312 e. The summed E-state index contributed by atoms with van der Waals surface area (Å²) in [7, 11) is 1.96. The number of rotatable bonds is 3. The molecule has 0 aliphatic rings. The van der Waals surface area contributed by atoms with Crippen LogP contribution in [0.5, 0.6) is 0 Å². The number of hydrogen-bond acceptors (Lipinski definition) is 2. The van der Waals surface area contributed by atoms with Gasteiger partial charge in [-0.3, -0.25) is 4.98 Å². The van der Waals surface area contributed by atoms with Crippen LogP contribution in [0.2, 0.25) is 0 Å². The summed E-state index contributed by atoms with van der Waals surface area (Å²) in [6.07, 6.45) is 2.90. The maximum absolute atomic E-state index is 4.36. The molecule has 0 bridgehead atoms. The lowest BCUT2D eigenvalue weighted by Crippen LogP contribution is -2.15. The van der Waals surface area contributed by atoms with Crippen molar-refractivity contribution in [3.05, 3.63) is 29.6 Å². The minimum Gasteiger partial charge on any atom is -0.312 e. The van der Waals surface area contributed by atoms with Crippen molar-refractivity contribution < 1.29 is 0 Å². The summed E-state index contributed by atoms with van der Waals surface area (Å²) >= 11 is 0. The molecule has 0 radical (unpaired) electrons. The van der Waals surface area contributed by atoms with Crippen molar-refractivity contribution >= 4 is 0 Å². The first-order valence-corrected chi connectivity index (χ1v) is 4.40. The molecule has 0 aliphatic heterocycles. The van der Waals surface area contributed by atoms with E-state index in [9.17, 15) is 0 Å². The summed E-state index contributed by atoms with van der Waals surface area (Å²) in [4.78, 5) is 4.36. The van der Waals surface area contributed by atoms with E-state index >= 15 is 0 Å². The zero-order valence-electron chi connectivity index (χ0n) is 7.96. The van der Waals surface area contributed by atoms with Crippen LogP contribution in [0, 0.1) is 0 Å². The van der Waals surface area contributed by atoms with Crippen LogP contribution >= 0.6 is 0 Å². The second kappa shape index (κ2) is 4.21. The number of pyridine rings is 1. The lowest BCUT2D eigenvalue weighted by atomic mass is 10.1. The first-order valence-electron chi connectivity index (χ1n) is 4.40. The van der Waals surface area contributed by atoms with Crippen molar-refractivity contribution in [2.75, 3.05) is 7.05 Å². The van der Waals surface area contributed by atoms with Gasteiger partial charge >= 0.3 is 0 Å². The second-order valence-corrected chi connectivity index (χ2v) is 2.91. The van der Waals surface area contributed by atoms with E-state index in [0.717, 1.165) is 6.42 Å². The molecule has 1 heterocycles. The number of nitrogens with zero attached hydrogens (tertiary/aromatic N) is 1. The zero-order valence-corrected chi connectivity index (χ0v) is 7.96. The van der Waals surface area contributed by atoms with Crippen LogP contribution in [0.15, 0.2) is 18.3 Å². The molecule has 0 aliphatic carbocycles. The molecule has 0 aromatic carbocycles. The Bertz CT molecular complexity index is 245. The number of nitrogens with one attached hydrogen (secondary N) is 1. The van der Waals surface area contributed by atoms with Gasteiger partial charge in [0.15, 0.2) is 0 Å². The quantitative estimate of drug-likeness (QED) is 0.738. The van der Waals surface area contributed by atoms with Gasteiger partial charge < -0.3 is 5.32 Å². The topological polar surface area (TPSA) is 24.9 Å². The Kier molecular flexibility index (Phi) is 3.23. The van der Waals surface area contributed by atoms with E-state index < -0.39 is 0 Å². The van der Waals surface area contributed by atoms with Crippen molar-refractivity contribution in [3.63, 3.8) is 0 Å². The van der Waals surface area contributed by atoms with E-state index in [4.69, 9.17) is 0 Å². The van der Waals surface area contributed by atoms with Gasteiger partial charge in [-0.2, -0.15) is 0 Å². The summed E-state index contributed by atoms with van der Waals surface area (Å²) in [5.41, 5.74) is 2.50. The van der Waals surface area contributed by atoms with Crippen molar-refractivity contribution in [2.24, 2.45) is 0 Å². The van der Waals surface area contributed by atoms with Crippen LogP contribution in [0.3, 0.4) is 0 Å². The van der Waals surface area contributed by atoms with Crippen molar-refractivity contribution in [1.82, 2.24) is 10.3 Å². The van der Waals surface area contributed by atoms with Crippen molar-refractivity contribution in [1.29, 1.82) is 0 Å². The van der Waals surface area contributed by atoms with E-state index in [1.165, 1.54) is 11.3 Å². The third kappa shape index (κ3) is 1.83. The Morgan fingerprint density at radius 2 is 2.33 bits per heavy atom. The van der Waals surface area contributed by atoms with Gasteiger partial charge in [0.05, 0.1) is 5.69 Å². The second-order valence-electron chi connectivity index (χ2n) is 2.91. The van der Waals surface area contributed by atoms with Gasteiger partial charge in [0.25, 0.3) is 0 Å². The normalized spacial score (nSPS) is 12.9. The molecule has 0 amide bonds. The van der Waals surface area contributed by atoms with Gasteiger partial charge in [0, 0.05) is 12.2 Å². The molecular formula is C10H16N2. The smallest absolute Gasteiger partial charge is 0.0602 e. The summed E-state index contributed by atoms with van der Waals surface area (Å²) in [5.74, 6) is 0. The first kappa shape index (κ1) is 9.20. The Morgan fingerprint density at radius 3 is 2.92 bits per heavy atom. The molecule has 1 aromatic rings. The SMILES string of the molecule is CCc1cccnc1[C@H](C)NC. The minimum atomic E-state index is 0.348. The molecule has 1 rings (SSSR count). The van der Waals surface area contributed by atoms with Crippen LogP contribution in [0.4, 0.5) is 0 Å². The average molecular weight is 164 g/mol. The minimum absolute atomic E-state index is 0.348. The Morgan fingerprint density at radius 1 is 1.58 bits per heavy atom. The molecule has 2 heteroatoms. The van der Waals surface area contributed by atoms with Crippen LogP contribution < -0.4 is 5.32 Å². The van der Waals surface area contributed by atoms with Gasteiger partial charge in [-0.15, -0.1) is 0 Å². The highest BCUT2D eigenvalue weighted by Gasteiger charge is 2.07. The van der Waals surface area contributed by atoms with E-state index in [1.54, 1.807) is 0 Å². The molecule has 66 valence electrons. The van der Waals surface area contributed by atoms with E-state index in [2.05, 4.69) is 30.2 Å². The Hall–Kier alpha value is -0.890. The monoisotopic (exact) mass is 164 g/mol. The van der Waals surface area contributed by atoms with E-state index in [0.29, 0.717) is 6.04 Å². The molecule has 2 nitrogen and oxygen atoms in total. The van der Waals surface area contributed by atoms with Gasteiger partial charge in [-0.1, -0.05) is 13.0 Å². The van der Waals surface area contributed by atoms with E-state index in [-0.39, 0.29) is 0 Å². The molecule has 1 N–H and O–H groups in total. The summed E-state index contributed by atoms with van der Waals surface area (Å²) in [5, 5.41) is 3.19. The zero-order chi connectivity index (χ0) is 8.97. The van der Waals surface area contributed by atoms with Crippen molar-refractivity contribution in [2.45, 2.75) is 26.3 Å². The summed E-state index contributed by atoms with van der Waals surface area (Å²) in [6, 6.07) is 4.47. The van der Waals surface area contributed by atoms with Gasteiger partial charge in [-0.05, 0) is 32.0 Å². The standard InChI is InChI=1S/C10H16N2/c1-4-9-6-5-7-12-10(9)8(2)11-3/h5-8,11H,4H2,1-3H3/t8-/m0/s1. The van der Waals surface area contributed by atoms with E-state index in [1.807, 2.05) is 19.3 Å². The molecule has 1 atom stereocenters. The molecule has 0 spiro atoms. The highest BCUT2D eigenvalue weighted by atomic mass is 14.9. The number of aryl methyl sites for hydroxylation is 1. The molecule has 12 heavy (non-hydrogen) atoms. The Balaban J connectivity index is 2.96. The van der Waals surface area contributed by atoms with Crippen molar-refractivity contribution in [3.8, 4) is 0 Å². The van der Waals surface area contributed by atoms with Gasteiger partial charge in [-0.25, -0.2) is 0 Å². The van der Waals surface area contributed by atoms with Gasteiger partial charge in [0.1, 0.15) is 0 Å². The van der Waals surface area contributed by atoms with Crippen LogP contribution in [-0.4, -0.2) is 12.0 Å². The fourth-order valence-corrected chi connectivity index (χ4v) is 1.28. The number of hydrogen-bond donors (Lipinski definition) is 1. The lowest BCUT2D eigenvalue weighted by molar-refractivity contribution is 0.625. The summed E-state index contributed by atoms with van der Waals surface area (Å²) < 4.78 is 0. The highest BCUT2D eigenvalue weighted by Crippen LogP contribution is 2.14. The predicted octanol–water partition coefficient (Wildman–Crippen LogP) is 1.92. The number of aromatic nitrogens is 1. The maximum atomic E-state index is 4.36. The lowest BCUT2D eigenvalue weighted by Gasteiger charge is -2.12. The molecule has 1 aromatic heterocycles. The fraction of sp³-hybridized carbons (Fsp3) is 0.500. The third-order valence-corrected chi connectivity index (χ3v) is 2.15. The van der Waals surface area contributed by atoms with Crippen LogP contribution in [0.1, 0.15) is 31.1 Å². The molecule has 0 fully saturated rings. The molecule has 0 saturated heterocycles. The fourth-order valence-electron chi connectivity index (χ4n) is 1.28. The molecule has 0 saturated carbocycles. The first-order chi connectivity index (χ1) is 5.79. The predicted molar refractivity (Wildman–Crippen MR) is 51.1 cm³/mol. The van der Waals surface area contributed by atoms with Crippen LogP contribution in [0.25, 0.3) is 0 Å².